The second-order valence-electron chi connectivity index (χ2n) is 8.82. The predicted octanol–water partition coefficient (Wildman–Crippen LogP) is 8.02. The molecule has 198 valence electrons. The number of allylic oxidation sites excluding steroid dienone is 1. The van der Waals surface area contributed by atoms with Crippen molar-refractivity contribution in [3.05, 3.63) is 114 Å². The lowest BCUT2D eigenvalue weighted by Gasteiger charge is -2.15. The highest BCUT2D eigenvalue weighted by molar-refractivity contribution is 5.70. The van der Waals surface area contributed by atoms with Gasteiger partial charge in [0.05, 0.1) is 16.8 Å². The standard InChI is InChI=1S/C30H22F5N3O/c1-2-3-15-39-21-11-12-22(24(16-21)30(33,34)35)20-9-7-19(8-10-20)17-38-14-13-26-27(18-38)37-29(36-26)23-5-4-6-25(31)28(23)32/h2-14,16,18H,15,17H2,1H3. The first-order valence-corrected chi connectivity index (χ1v) is 12.1. The third-order valence-corrected chi connectivity index (χ3v) is 6.13. The lowest BCUT2D eigenvalue weighted by atomic mass is 9.98. The van der Waals surface area contributed by atoms with Crippen LogP contribution in [0.4, 0.5) is 22.0 Å². The third kappa shape index (κ3) is 5.67. The van der Waals surface area contributed by atoms with Crippen LogP contribution in [0.2, 0.25) is 0 Å². The van der Waals surface area contributed by atoms with E-state index in [9.17, 15) is 22.0 Å². The predicted molar refractivity (Wildman–Crippen MR) is 138 cm³/mol. The fraction of sp³-hybridized carbons (Fsp3) is 0.133. The van der Waals surface area contributed by atoms with E-state index < -0.39 is 23.4 Å². The molecule has 2 aliphatic heterocycles. The molecular formula is C30H22F5N3O. The highest BCUT2D eigenvalue weighted by atomic mass is 19.4. The Labute approximate surface area is 221 Å². The molecule has 2 heterocycles. The normalized spacial score (nSPS) is 11.9. The van der Waals surface area contributed by atoms with Crippen LogP contribution in [0.15, 0.2) is 91.3 Å². The lowest BCUT2D eigenvalue weighted by Crippen LogP contribution is -2.08. The molecule has 9 heteroatoms. The Hall–Kier alpha value is -4.53. The van der Waals surface area contributed by atoms with E-state index in [4.69, 9.17) is 4.74 Å². The molecule has 4 nitrogen and oxygen atoms in total. The molecule has 2 aliphatic rings. The van der Waals surface area contributed by atoms with E-state index in [0.717, 1.165) is 17.7 Å². The van der Waals surface area contributed by atoms with E-state index >= 15 is 0 Å². The van der Waals surface area contributed by atoms with E-state index in [1.165, 1.54) is 24.3 Å². The maximum absolute atomic E-state index is 14.2. The van der Waals surface area contributed by atoms with Crippen LogP contribution < -0.4 is 4.74 Å². The average Bonchev–Trinajstić information content (AvgIpc) is 3.33. The SMILES string of the molecule is CC=CCOc1ccc(-c2ccc(Cn3ccc4nc(-c5cccc(F)c5F)nc-4c3)cc2)c(C(F)(F)F)c1. The number of pyridine rings is 1. The summed E-state index contributed by atoms with van der Waals surface area (Å²) in [4.78, 5) is 8.64. The molecule has 3 aromatic carbocycles. The smallest absolute Gasteiger partial charge is 0.417 e. The Morgan fingerprint density at radius 1 is 0.897 bits per heavy atom. The number of fused-ring (bicyclic) bond motifs is 1. The Kier molecular flexibility index (Phi) is 7.15. The minimum atomic E-state index is -4.55. The summed E-state index contributed by atoms with van der Waals surface area (Å²) >= 11 is 0. The summed E-state index contributed by atoms with van der Waals surface area (Å²) in [5.41, 5.74) is 1.56. The number of rotatable bonds is 7. The minimum Gasteiger partial charge on any atom is -0.490 e. The van der Waals surface area contributed by atoms with E-state index in [-0.39, 0.29) is 29.3 Å². The van der Waals surface area contributed by atoms with Crippen molar-refractivity contribution in [3.8, 4) is 39.7 Å². The highest BCUT2D eigenvalue weighted by Gasteiger charge is 2.34. The largest absolute Gasteiger partial charge is 0.490 e. The number of benzene rings is 3. The molecule has 0 saturated carbocycles. The molecule has 0 aliphatic carbocycles. The first-order chi connectivity index (χ1) is 18.7. The van der Waals surface area contributed by atoms with Crippen molar-refractivity contribution in [2.45, 2.75) is 19.6 Å². The van der Waals surface area contributed by atoms with Crippen LogP contribution in [0.3, 0.4) is 0 Å². The molecule has 0 amide bonds. The van der Waals surface area contributed by atoms with Gasteiger partial charge in [-0.2, -0.15) is 13.2 Å². The van der Waals surface area contributed by atoms with Crippen LogP contribution in [0.5, 0.6) is 5.75 Å². The summed E-state index contributed by atoms with van der Waals surface area (Å²) in [5, 5.41) is 0. The van der Waals surface area contributed by atoms with Gasteiger partial charge in [-0.25, -0.2) is 18.7 Å². The number of hydrogen-bond acceptors (Lipinski definition) is 3. The van der Waals surface area contributed by atoms with Crippen LogP contribution >= 0.6 is 0 Å². The molecule has 0 atom stereocenters. The Morgan fingerprint density at radius 2 is 1.67 bits per heavy atom. The van der Waals surface area contributed by atoms with Gasteiger partial charge >= 0.3 is 6.18 Å². The van der Waals surface area contributed by atoms with Crippen LogP contribution in [0.25, 0.3) is 33.9 Å². The van der Waals surface area contributed by atoms with Crippen molar-refractivity contribution in [1.82, 2.24) is 14.5 Å². The maximum Gasteiger partial charge on any atom is 0.417 e. The summed E-state index contributed by atoms with van der Waals surface area (Å²) < 4.78 is 76.5. The number of halogens is 5. The zero-order chi connectivity index (χ0) is 27.6. The molecular weight excluding hydrogens is 513 g/mol. The summed E-state index contributed by atoms with van der Waals surface area (Å²) in [6, 6.07) is 16.3. The van der Waals surface area contributed by atoms with Gasteiger partial charge < -0.3 is 9.30 Å². The Morgan fingerprint density at radius 3 is 2.41 bits per heavy atom. The first-order valence-electron chi connectivity index (χ1n) is 12.1. The fourth-order valence-corrected chi connectivity index (χ4v) is 4.19. The van der Waals surface area contributed by atoms with Crippen LogP contribution in [0, 0.1) is 11.6 Å². The van der Waals surface area contributed by atoms with Gasteiger partial charge in [-0.15, -0.1) is 0 Å². The van der Waals surface area contributed by atoms with Crippen molar-refractivity contribution < 1.29 is 26.7 Å². The van der Waals surface area contributed by atoms with E-state index in [0.29, 0.717) is 23.5 Å². The third-order valence-electron chi connectivity index (χ3n) is 6.13. The number of ether oxygens (including phenoxy) is 1. The Balaban J connectivity index is 1.37. The second-order valence-corrected chi connectivity index (χ2v) is 8.82. The summed E-state index contributed by atoms with van der Waals surface area (Å²) in [5.74, 6) is -1.75. The number of alkyl halides is 3. The summed E-state index contributed by atoms with van der Waals surface area (Å²) in [7, 11) is 0. The number of aromatic nitrogens is 3. The molecule has 0 N–H and O–H groups in total. The molecule has 0 spiro atoms. The zero-order valence-electron chi connectivity index (χ0n) is 20.7. The molecule has 0 aromatic heterocycles. The molecule has 0 bridgehead atoms. The number of hydrogen-bond donors (Lipinski definition) is 0. The van der Waals surface area contributed by atoms with Crippen molar-refractivity contribution in [1.29, 1.82) is 0 Å². The first kappa shape index (κ1) is 26.1. The molecule has 5 rings (SSSR count). The van der Waals surface area contributed by atoms with Crippen molar-refractivity contribution in [3.63, 3.8) is 0 Å². The van der Waals surface area contributed by atoms with Gasteiger partial charge in [0.15, 0.2) is 17.5 Å². The zero-order valence-corrected chi connectivity index (χ0v) is 20.7. The second kappa shape index (κ2) is 10.7. The fourth-order valence-electron chi connectivity index (χ4n) is 4.19. The van der Waals surface area contributed by atoms with Gasteiger partial charge in [-0.3, -0.25) is 0 Å². The van der Waals surface area contributed by atoms with Gasteiger partial charge in [0, 0.05) is 18.9 Å². The van der Waals surface area contributed by atoms with Crippen LogP contribution in [-0.2, 0) is 12.7 Å². The average molecular weight is 536 g/mol. The van der Waals surface area contributed by atoms with Gasteiger partial charge in [0.1, 0.15) is 18.1 Å². The number of nitrogens with zero attached hydrogens (tertiary/aromatic N) is 3. The van der Waals surface area contributed by atoms with Gasteiger partial charge in [-0.05, 0) is 53.9 Å². The summed E-state index contributed by atoms with van der Waals surface area (Å²) in [6.45, 7) is 2.40. The highest BCUT2D eigenvalue weighted by Crippen LogP contribution is 2.39. The number of imidazole rings is 1. The molecule has 39 heavy (non-hydrogen) atoms. The van der Waals surface area contributed by atoms with Gasteiger partial charge in [-0.1, -0.05) is 48.6 Å². The molecule has 0 saturated heterocycles. The minimum absolute atomic E-state index is 0.0241. The van der Waals surface area contributed by atoms with Crippen LogP contribution in [-0.4, -0.2) is 21.1 Å². The van der Waals surface area contributed by atoms with Crippen molar-refractivity contribution >= 4 is 0 Å². The Bertz CT molecular complexity index is 1610. The molecule has 0 radical (unpaired) electrons. The van der Waals surface area contributed by atoms with Crippen molar-refractivity contribution in [2.75, 3.05) is 6.61 Å². The topological polar surface area (TPSA) is 39.9 Å². The molecule has 0 unspecified atom stereocenters. The van der Waals surface area contributed by atoms with Gasteiger partial charge in [0.25, 0.3) is 0 Å². The summed E-state index contributed by atoms with van der Waals surface area (Å²) in [6.07, 6.45) is 2.42. The molecule has 3 aromatic rings. The lowest BCUT2D eigenvalue weighted by molar-refractivity contribution is -0.137. The quantitative estimate of drug-likeness (QED) is 0.157. The monoisotopic (exact) mass is 535 g/mol. The van der Waals surface area contributed by atoms with E-state index in [1.54, 1.807) is 61.8 Å². The van der Waals surface area contributed by atoms with E-state index in [2.05, 4.69) is 9.97 Å². The van der Waals surface area contributed by atoms with E-state index in [1.807, 2.05) is 4.57 Å². The maximum atomic E-state index is 14.2. The van der Waals surface area contributed by atoms with Crippen molar-refractivity contribution in [2.24, 2.45) is 0 Å². The van der Waals surface area contributed by atoms with Crippen LogP contribution in [0.1, 0.15) is 18.1 Å². The molecule has 0 fully saturated rings. The van der Waals surface area contributed by atoms with Gasteiger partial charge in [0.2, 0.25) is 0 Å².